The first-order valence-corrected chi connectivity index (χ1v) is 9.00. The van der Waals surface area contributed by atoms with Gasteiger partial charge in [0.25, 0.3) is 0 Å². The molecule has 0 unspecified atom stereocenters. The van der Waals surface area contributed by atoms with Gasteiger partial charge in [-0.05, 0) is 19.4 Å². The summed E-state index contributed by atoms with van der Waals surface area (Å²) in [6.45, 7) is 9.41. The lowest BCUT2D eigenvalue weighted by molar-refractivity contribution is -0.118. The van der Waals surface area contributed by atoms with Gasteiger partial charge in [-0.15, -0.1) is 11.8 Å². The lowest BCUT2D eigenvalue weighted by Crippen LogP contribution is -2.41. The number of carbonyl (C=O) groups is 1. The Morgan fingerprint density at radius 1 is 1.23 bits per heavy atom. The zero-order valence-electron chi connectivity index (χ0n) is 13.6. The minimum absolute atomic E-state index is 0.127. The monoisotopic (exact) mass is 322 g/mol. The number of ether oxygens (including phenoxy) is 1. The smallest absolute Gasteiger partial charge is 0.230 e. The maximum absolute atomic E-state index is 11.8. The largest absolute Gasteiger partial charge is 0.379 e. The van der Waals surface area contributed by atoms with E-state index in [1.807, 2.05) is 0 Å². The fraction of sp³-hybridized carbons (Fsp3) is 0.588. The van der Waals surface area contributed by atoms with Crippen LogP contribution in [0.25, 0.3) is 0 Å². The van der Waals surface area contributed by atoms with Gasteiger partial charge < -0.3 is 10.1 Å². The van der Waals surface area contributed by atoms with E-state index < -0.39 is 0 Å². The Balaban J connectivity index is 1.59. The van der Waals surface area contributed by atoms with Crippen molar-refractivity contribution in [2.24, 2.45) is 0 Å². The van der Waals surface area contributed by atoms with Crippen molar-refractivity contribution in [2.75, 3.05) is 45.1 Å². The summed E-state index contributed by atoms with van der Waals surface area (Å²) in [7, 11) is 0. The molecule has 0 aromatic heterocycles. The van der Waals surface area contributed by atoms with Crippen LogP contribution in [0.1, 0.15) is 16.7 Å². The summed E-state index contributed by atoms with van der Waals surface area (Å²) in [5, 5.41) is 3.00. The van der Waals surface area contributed by atoms with Crippen molar-refractivity contribution >= 4 is 17.7 Å². The van der Waals surface area contributed by atoms with Gasteiger partial charge in [-0.1, -0.05) is 29.3 Å². The van der Waals surface area contributed by atoms with Crippen LogP contribution in [0.15, 0.2) is 18.2 Å². The quantitative estimate of drug-likeness (QED) is 0.833. The van der Waals surface area contributed by atoms with Crippen molar-refractivity contribution in [3.8, 4) is 0 Å². The number of nitrogens with zero attached hydrogens (tertiary/aromatic N) is 1. The highest BCUT2D eigenvalue weighted by atomic mass is 32.2. The van der Waals surface area contributed by atoms with Crippen molar-refractivity contribution in [2.45, 2.75) is 19.6 Å². The fourth-order valence-corrected chi connectivity index (χ4v) is 3.44. The lowest BCUT2D eigenvalue weighted by Gasteiger charge is -2.26. The van der Waals surface area contributed by atoms with Crippen LogP contribution in [0.5, 0.6) is 0 Å². The zero-order valence-corrected chi connectivity index (χ0v) is 14.4. The number of thioether (sulfide) groups is 1. The number of nitrogens with one attached hydrogen (secondary N) is 1. The maximum atomic E-state index is 11.8. The average molecular weight is 322 g/mol. The SMILES string of the molecule is Cc1cc(C)cc(CSCC(=O)NCCN2CCOCC2)c1. The van der Waals surface area contributed by atoms with Gasteiger partial charge in [-0.3, -0.25) is 9.69 Å². The molecule has 1 aliphatic rings. The number of amides is 1. The van der Waals surface area contributed by atoms with Gasteiger partial charge in [-0.2, -0.15) is 0 Å². The summed E-state index contributed by atoms with van der Waals surface area (Å²) < 4.78 is 5.31. The van der Waals surface area contributed by atoms with Crippen molar-refractivity contribution in [3.63, 3.8) is 0 Å². The Kier molecular flexibility index (Phi) is 7.22. The number of rotatable bonds is 7. The third-order valence-corrected chi connectivity index (χ3v) is 4.64. The molecule has 1 aliphatic heterocycles. The number of hydrogen-bond acceptors (Lipinski definition) is 4. The highest BCUT2D eigenvalue weighted by Crippen LogP contribution is 2.15. The summed E-state index contributed by atoms with van der Waals surface area (Å²) >= 11 is 1.67. The van der Waals surface area contributed by atoms with Gasteiger partial charge in [0.2, 0.25) is 5.91 Å². The van der Waals surface area contributed by atoms with E-state index in [4.69, 9.17) is 4.74 Å². The Morgan fingerprint density at radius 2 is 1.91 bits per heavy atom. The van der Waals surface area contributed by atoms with Crippen molar-refractivity contribution in [1.29, 1.82) is 0 Å². The zero-order chi connectivity index (χ0) is 15.8. The molecule has 0 atom stereocenters. The van der Waals surface area contributed by atoms with Gasteiger partial charge in [0.1, 0.15) is 0 Å². The van der Waals surface area contributed by atoms with E-state index in [0.29, 0.717) is 5.75 Å². The number of hydrogen-bond donors (Lipinski definition) is 1. The molecule has 1 saturated heterocycles. The molecule has 2 rings (SSSR count). The van der Waals surface area contributed by atoms with Crippen LogP contribution in [0.3, 0.4) is 0 Å². The molecule has 0 spiro atoms. The van der Waals surface area contributed by atoms with E-state index in [2.05, 4.69) is 42.3 Å². The molecule has 22 heavy (non-hydrogen) atoms. The van der Waals surface area contributed by atoms with Crippen LogP contribution in [-0.4, -0.2) is 56.0 Å². The molecule has 122 valence electrons. The van der Waals surface area contributed by atoms with Crippen molar-refractivity contribution < 1.29 is 9.53 Å². The number of carbonyl (C=O) groups excluding carboxylic acids is 1. The molecule has 0 aliphatic carbocycles. The Bertz CT molecular complexity index is 467. The van der Waals surface area contributed by atoms with Gasteiger partial charge in [0, 0.05) is 31.9 Å². The molecule has 1 fully saturated rings. The molecule has 0 bridgehead atoms. The highest BCUT2D eigenvalue weighted by molar-refractivity contribution is 7.99. The van der Waals surface area contributed by atoms with E-state index in [0.717, 1.165) is 45.1 Å². The van der Waals surface area contributed by atoms with Crippen LogP contribution >= 0.6 is 11.8 Å². The topological polar surface area (TPSA) is 41.6 Å². The summed E-state index contributed by atoms with van der Waals surface area (Å²) in [6, 6.07) is 6.55. The normalized spacial score (nSPS) is 15.7. The Morgan fingerprint density at radius 3 is 2.59 bits per heavy atom. The first kappa shape index (κ1) is 17.3. The molecule has 4 nitrogen and oxygen atoms in total. The van der Waals surface area contributed by atoms with Crippen molar-refractivity contribution in [3.05, 3.63) is 34.9 Å². The van der Waals surface area contributed by atoms with Gasteiger partial charge in [0.15, 0.2) is 0 Å². The molecule has 1 aromatic carbocycles. The second kappa shape index (κ2) is 9.18. The minimum atomic E-state index is 0.127. The minimum Gasteiger partial charge on any atom is -0.379 e. The van der Waals surface area contributed by atoms with Crippen LogP contribution in [0, 0.1) is 13.8 Å². The molecular formula is C17H26N2O2S. The van der Waals surface area contributed by atoms with E-state index >= 15 is 0 Å². The van der Waals surface area contributed by atoms with Crippen LogP contribution in [0.2, 0.25) is 0 Å². The fourth-order valence-electron chi connectivity index (χ4n) is 2.64. The number of aryl methyl sites for hydroxylation is 2. The second-order valence-corrected chi connectivity index (χ2v) is 6.78. The molecular weight excluding hydrogens is 296 g/mol. The van der Waals surface area contributed by atoms with E-state index in [-0.39, 0.29) is 5.91 Å². The molecule has 1 aromatic rings. The maximum Gasteiger partial charge on any atom is 0.230 e. The lowest BCUT2D eigenvalue weighted by atomic mass is 10.1. The van der Waals surface area contributed by atoms with Gasteiger partial charge in [0.05, 0.1) is 19.0 Å². The van der Waals surface area contributed by atoms with Gasteiger partial charge in [-0.25, -0.2) is 0 Å². The van der Waals surface area contributed by atoms with E-state index in [1.165, 1.54) is 16.7 Å². The van der Waals surface area contributed by atoms with Crippen LogP contribution in [0.4, 0.5) is 0 Å². The highest BCUT2D eigenvalue weighted by Gasteiger charge is 2.10. The third-order valence-electron chi connectivity index (χ3n) is 3.64. The number of morpholine rings is 1. The van der Waals surface area contributed by atoms with Crippen molar-refractivity contribution in [1.82, 2.24) is 10.2 Å². The number of benzene rings is 1. The molecule has 0 radical (unpaired) electrons. The summed E-state index contributed by atoms with van der Waals surface area (Å²) in [6.07, 6.45) is 0. The Hall–Kier alpha value is -1.04. The second-order valence-electron chi connectivity index (χ2n) is 5.79. The van der Waals surface area contributed by atoms with Gasteiger partial charge >= 0.3 is 0 Å². The van der Waals surface area contributed by atoms with Crippen LogP contribution in [-0.2, 0) is 15.3 Å². The summed E-state index contributed by atoms with van der Waals surface area (Å²) in [5.74, 6) is 1.54. The first-order valence-electron chi connectivity index (χ1n) is 7.85. The van der Waals surface area contributed by atoms with E-state index in [9.17, 15) is 4.79 Å². The van der Waals surface area contributed by atoms with Crippen LogP contribution < -0.4 is 5.32 Å². The summed E-state index contributed by atoms with van der Waals surface area (Å²) in [5.41, 5.74) is 3.86. The molecule has 1 amide bonds. The van der Waals surface area contributed by atoms with E-state index in [1.54, 1.807) is 11.8 Å². The standard InChI is InChI=1S/C17H26N2O2S/c1-14-9-15(2)11-16(10-14)12-22-13-17(20)18-3-4-19-5-7-21-8-6-19/h9-11H,3-8,12-13H2,1-2H3,(H,18,20). The summed E-state index contributed by atoms with van der Waals surface area (Å²) in [4.78, 5) is 14.2. The Labute approximate surface area is 137 Å². The predicted molar refractivity (Wildman–Crippen MR) is 92.3 cm³/mol. The first-order chi connectivity index (χ1) is 10.6. The molecule has 1 N–H and O–H groups in total. The average Bonchev–Trinajstić information content (AvgIpc) is 2.47. The molecule has 0 saturated carbocycles. The predicted octanol–water partition coefficient (Wildman–Crippen LogP) is 1.99. The molecule has 5 heteroatoms. The third kappa shape index (κ3) is 6.38. The molecule has 1 heterocycles.